The maximum Gasteiger partial charge on any atom is 0.272 e. The summed E-state index contributed by atoms with van der Waals surface area (Å²) in [6, 6.07) is 5.57. The van der Waals surface area contributed by atoms with Crippen LogP contribution in [0.3, 0.4) is 0 Å². The number of piperidine rings is 1. The second-order valence-corrected chi connectivity index (χ2v) is 5.43. The molecule has 0 aromatic carbocycles. The van der Waals surface area contributed by atoms with Crippen LogP contribution in [0.5, 0.6) is 0 Å². The topological polar surface area (TPSA) is 45.2 Å². The van der Waals surface area contributed by atoms with Crippen LogP contribution in [-0.2, 0) is 0 Å². The van der Waals surface area contributed by atoms with Gasteiger partial charge >= 0.3 is 0 Å². The molecular formula is C15H23N3O. The lowest BCUT2D eigenvalue weighted by atomic mass is 9.88. The highest BCUT2D eigenvalue weighted by molar-refractivity contribution is 5.92. The molecule has 1 fully saturated rings. The summed E-state index contributed by atoms with van der Waals surface area (Å²) >= 11 is 0. The number of anilines is 1. The number of aromatic nitrogens is 1. The first-order chi connectivity index (χ1) is 9.11. The fraction of sp³-hybridized carbons (Fsp3) is 0.600. The third kappa shape index (κ3) is 3.25. The zero-order chi connectivity index (χ0) is 13.8. The van der Waals surface area contributed by atoms with E-state index in [1.165, 1.54) is 0 Å². The van der Waals surface area contributed by atoms with Crippen LogP contribution in [0, 0.1) is 11.8 Å². The zero-order valence-corrected chi connectivity index (χ0v) is 12.0. The third-order valence-corrected chi connectivity index (χ3v) is 3.95. The Labute approximate surface area is 115 Å². The number of hydrogen-bond acceptors (Lipinski definition) is 3. The Hall–Kier alpha value is -1.58. The van der Waals surface area contributed by atoms with Crippen LogP contribution in [0.25, 0.3) is 0 Å². The number of nitrogens with one attached hydrogen (secondary N) is 1. The Morgan fingerprint density at radius 2 is 2.21 bits per heavy atom. The molecule has 1 amide bonds. The number of pyridine rings is 1. The number of carbonyl (C=O) groups excluding carboxylic acids is 1. The number of carbonyl (C=O) groups is 1. The van der Waals surface area contributed by atoms with Crippen LogP contribution < -0.4 is 5.32 Å². The molecule has 104 valence electrons. The summed E-state index contributed by atoms with van der Waals surface area (Å²) in [6.45, 7) is 8.99. The van der Waals surface area contributed by atoms with Crippen molar-refractivity contribution in [2.45, 2.75) is 27.2 Å². The Balaban J connectivity index is 2.09. The lowest BCUT2D eigenvalue weighted by molar-refractivity contribution is 0.0622. The summed E-state index contributed by atoms with van der Waals surface area (Å²) in [4.78, 5) is 18.8. The molecule has 1 aliphatic heterocycles. The van der Waals surface area contributed by atoms with Crippen molar-refractivity contribution in [2.24, 2.45) is 11.8 Å². The average molecular weight is 261 g/mol. The van der Waals surface area contributed by atoms with Crippen molar-refractivity contribution in [3.05, 3.63) is 23.9 Å². The average Bonchev–Trinajstić information content (AvgIpc) is 2.42. The molecule has 4 nitrogen and oxygen atoms in total. The molecule has 4 heteroatoms. The molecular weight excluding hydrogens is 238 g/mol. The van der Waals surface area contributed by atoms with E-state index in [9.17, 15) is 4.79 Å². The monoisotopic (exact) mass is 261 g/mol. The van der Waals surface area contributed by atoms with Crippen LogP contribution in [0.1, 0.15) is 37.7 Å². The van der Waals surface area contributed by atoms with Gasteiger partial charge in [-0.3, -0.25) is 4.79 Å². The van der Waals surface area contributed by atoms with Gasteiger partial charge in [-0.1, -0.05) is 19.9 Å². The SMILES string of the molecule is CCNc1cccc(C(=O)N2CCC(C)C(C)C2)n1. The smallest absolute Gasteiger partial charge is 0.272 e. The largest absolute Gasteiger partial charge is 0.370 e. The molecule has 0 aliphatic carbocycles. The van der Waals surface area contributed by atoms with Gasteiger partial charge < -0.3 is 10.2 Å². The van der Waals surface area contributed by atoms with Gasteiger partial charge in [0.15, 0.2) is 0 Å². The lowest BCUT2D eigenvalue weighted by Gasteiger charge is -2.35. The van der Waals surface area contributed by atoms with Gasteiger partial charge in [0.1, 0.15) is 11.5 Å². The molecule has 0 bridgehead atoms. The van der Waals surface area contributed by atoms with E-state index in [2.05, 4.69) is 24.1 Å². The van der Waals surface area contributed by atoms with Crippen molar-refractivity contribution in [2.75, 3.05) is 25.0 Å². The van der Waals surface area contributed by atoms with Crippen LogP contribution in [0.15, 0.2) is 18.2 Å². The van der Waals surface area contributed by atoms with Gasteiger partial charge in [0.2, 0.25) is 0 Å². The number of nitrogens with zero attached hydrogens (tertiary/aromatic N) is 2. The predicted octanol–water partition coefficient (Wildman–Crippen LogP) is 2.63. The molecule has 2 atom stereocenters. The Kier molecular flexibility index (Phi) is 4.40. The maximum atomic E-state index is 12.4. The van der Waals surface area contributed by atoms with Crippen LogP contribution in [0.2, 0.25) is 0 Å². The van der Waals surface area contributed by atoms with Gasteiger partial charge in [-0.05, 0) is 37.3 Å². The summed E-state index contributed by atoms with van der Waals surface area (Å²) in [5.74, 6) is 2.09. The number of amides is 1. The molecule has 1 aromatic rings. The van der Waals surface area contributed by atoms with E-state index >= 15 is 0 Å². The summed E-state index contributed by atoms with van der Waals surface area (Å²) in [7, 11) is 0. The molecule has 2 unspecified atom stereocenters. The minimum Gasteiger partial charge on any atom is -0.370 e. The fourth-order valence-corrected chi connectivity index (χ4v) is 2.44. The summed E-state index contributed by atoms with van der Waals surface area (Å²) < 4.78 is 0. The van der Waals surface area contributed by atoms with Crippen LogP contribution in [-0.4, -0.2) is 35.4 Å². The fourth-order valence-electron chi connectivity index (χ4n) is 2.44. The predicted molar refractivity (Wildman–Crippen MR) is 77.2 cm³/mol. The van der Waals surface area contributed by atoms with Gasteiger partial charge in [0, 0.05) is 19.6 Å². The second-order valence-electron chi connectivity index (χ2n) is 5.43. The van der Waals surface area contributed by atoms with Gasteiger partial charge in [-0.2, -0.15) is 0 Å². The molecule has 1 aliphatic rings. The van der Waals surface area contributed by atoms with E-state index in [-0.39, 0.29) is 5.91 Å². The number of hydrogen-bond donors (Lipinski definition) is 1. The first-order valence-electron chi connectivity index (χ1n) is 7.12. The molecule has 19 heavy (non-hydrogen) atoms. The Morgan fingerprint density at radius 1 is 1.42 bits per heavy atom. The van der Waals surface area contributed by atoms with Crippen molar-refractivity contribution in [1.82, 2.24) is 9.88 Å². The van der Waals surface area contributed by atoms with Crippen molar-refractivity contribution in [3.63, 3.8) is 0 Å². The molecule has 1 N–H and O–H groups in total. The van der Waals surface area contributed by atoms with Crippen LogP contribution in [0.4, 0.5) is 5.82 Å². The van der Waals surface area contributed by atoms with Crippen molar-refractivity contribution in [3.8, 4) is 0 Å². The third-order valence-electron chi connectivity index (χ3n) is 3.95. The number of rotatable bonds is 3. The molecule has 2 heterocycles. The first kappa shape index (κ1) is 13.8. The molecule has 0 spiro atoms. The lowest BCUT2D eigenvalue weighted by Crippen LogP contribution is -2.42. The first-order valence-corrected chi connectivity index (χ1v) is 7.12. The minimum absolute atomic E-state index is 0.0542. The maximum absolute atomic E-state index is 12.4. The second kappa shape index (κ2) is 6.04. The normalized spacial score (nSPS) is 23.2. The van der Waals surface area contributed by atoms with Gasteiger partial charge in [0.25, 0.3) is 5.91 Å². The summed E-state index contributed by atoms with van der Waals surface area (Å²) in [6.07, 6.45) is 1.08. The standard InChI is InChI=1S/C15H23N3O/c1-4-16-14-7-5-6-13(17-14)15(19)18-9-8-11(2)12(3)10-18/h5-7,11-12H,4,8-10H2,1-3H3,(H,16,17). The van der Waals surface area contributed by atoms with E-state index < -0.39 is 0 Å². The molecule has 1 saturated heterocycles. The minimum atomic E-state index is 0.0542. The quantitative estimate of drug-likeness (QED) is 0.909. The summed E-state index contributed by atoms with van der Waals surface area (Å²) in [5.41, 5.74) is 0.542. The van der Waals surface area contributed by atoms with Crippen molar-refractivity contribution < 1.29 is 4.79 Å². The highest BCUT2D eigenvalue weighted by Gasteiger charge is 2.27. The zero-order valence-electron chi connectivity index (χ0n) is 12.0. The number of likely N-dealkylation sites (tertiary alicyclic amines) is 1. The molecule has 0 saturated carbocycles. The van der Waals surface area contributed by atoms with Crippen molar-refractivity contribution in [1.29, 1.82) is 0 Å². The highest BCUT2D eigenvalue weighted by atomic mass is 16.2. The highest BCUT2D eigenvalue weighted by Crippen LogP contribution is 2.23. The Morgan fingerprint density at radius 3 is 2.89 bits per heavy atom. The molecule has 1 aromatic heterocycles. The van der Waals surface area contributed by atoms with E-state index in [0.717, 1.165) is 31.9 Å². The van der Waals surface area contributed by atoms with E-state index in [4.69, 9.17) is 0 Å². The van der Waals surface area contributed by atoms with Gasteiger partial charge in [0.05, 0.1) is 0 Å². The van der Waals surface area contributed by atoms with E-state index in [0.29, 0.717) is 17.5 Å². The Bertz CT molecular complexity index is 447. The van der Waals surface area contributed by atoms with Crippen molar-refractivity contribution >= 4 is 11.7 Å². The van der Waals surface area contributed by atoms with E-state index in [1.807, 2.05) is 24.0 Å². The molecule has 0 radical (unpaired) electrons. The van der Waals surface area contributed by atoms with Gasteiger partial charge in [-0.25, -0.2) is 4.98 Å². The molecule has 2 rings (SSSR count). The summed E-state index contributed by atoms with van der Waals surface area (Å²) in [5, 5.41) is 3.14. The van der Waals surface area contributed by atoms with E-state index in [1.54, 1.807) is 6.07 Å². The van der Waals surface area contributed by atoms with Crippen LogP contribution >= 0.6 is 0 Å². The van der Waals surface area contributed by atoms with Gasteiger partial charge in [-0.15, -0.1) is 0 Å².